The fourth-order valence-corrected chi connectivity index (χ4v) is 5.24. The third-order valence-electron chi connectivity index (χ3n) is 7.72. The van der Waals surface area contributed by atoms with E-state index in [2.05, 4.69) is 33.0 Å². The summed E-state index contributed by atoms with van der Waals surface area (Å²) >= 11 is 0. The molecule has 2 amide bonds. The zero-order valence-electron chi connectivity index (χ0n) is 24.7. The number of benzene rings is 3. The summed E-state index contributed by atoms with van der Waals surface area (Å²) in [5.41, 5.74) is 7.85. The van der Waals surface area contributed by atoms with Crippen molar-refractivity contribution in [1.29, 1.82) is 0 Å². The van der Waals surface area contributed by atoms with Gasteiger partial charge in [-0.3, -0.25) is 14.4 Å². The molecule has 0 bridgehead atoms. The number of amides is 2. The number of hydroxylamine groups is 1. The third kappa shape index (κ3) is 7.11. The summed E-state index contributed by atoms with van der Waals surface area (Å²) in [4.78, 5) is 48.3. The van der Waals surface area contributed by atoms with Crippen molar-refractivity contribution >= 4 is 40.4 Å². The van der Waals surface area contributed by atoms with Gasteiger partial charge in [-0.05, 0) is 67.9 Å². The fraction of sp³-hybridized carbons (Fsp3) is 0.303. The van der Waals surface area contributed by atoms with Gasteiger partial charge in [0.1, 0.15) is 0 Å². The number of aryl methyl sites for hydroxylation is 1. The summed E-state index contributed by atoms with van der Waals surface area (Å²) in [5, 5.41) is 6.28. The predicted octanol–water partition coefficient (Wildman–Crippen LogP) is 4.01. The van der Waals surface area contributed by atoms with Crippen molar-refractivity contribution < 1.29 is 24.0 Å². The quantitative estimate of drug-likeness (QED) is 0.142. The first-order valence-electron chi connectivity index (χ1n) is 14.4. The Kier molecular flexibility index (Phi) is 9.51. The first-order valence-corrected chi connectivity index (χ1v) is 14.4. The maximum Gasteiger partial charge on any atom is 0.338 e. The van der Waals surface area contributed by atoms with Gasteiger partial charge in [0.05, 0.1) is 36.2 Å². The number of likely N-dealkylation sites (N-methyl/N-ethyl adjacent to an activating group) is 1. The second-order valence-electron chi connectivity index (χ2n) is 10.8. The van der Waals surface area contributed by atoms with Crippen molar-refractivity contribution in [3.63, 3.8) is 0 Å². The van der Waals surface area contributed by atoms with Crippen LogP contribution in [0.5, 0.6) is 0 Å². The van der Waals surface area contributed by atoms with Crippen LogP contribution in [0.1, 0.15) is 43.8 Å². The lowest BCUT2D eigenvalue weighted by Crippen LogP contribution is -2.44. The maximum atomic E-state index is 13.3. The van der Waals surface area contributed by atoms with Gasteiger partial charge < -0.3 is 25.2 Å². The highest BCUT2D eigenvalue weighted by Gasteiger charge is 2.30. The Morgan fingerprint density at radius 2 is 1.67 bits per heavy atom. The van der Waals surface area contributed by atoms with Crippen LogP contribution < -0.4 is 16.1 Å². The van der Waals surface area contributed by atoms with Gasteiger partial charge in [-0.15, -0.1) is 0 Å². The number of nitrogens with one attached hydrogen (secondary N) is 3. The Labute approximate surface area is 251 Å². The minimum atomic E-state index is -0.464. The van der Waals surface area contributed by atoms with Crippen molar-refractivity contribution in [2.24, 2.45) is 0 Å². The van der Waals surface area contributed by atoms with E-state index >= 15 is 0 Å². The molecule has 43 heavy (non-hydrogen) atoms. The van der Waals surface area contributed by atoms with Gasteiger partial charge in [0, 0.05) is 49.5 Å². The number of fused-ring (bicyclic) bond motifs is 1. The largest absolute Gasteiger partial charge is 0.465 e. The number of rotatable bonds is 10. The Morgan fingerprint density at radius 3 is 2.37 bits per heavy atom. The van der Waals surface area contributed by atoms with Crippen molar-refractivity contribution in [2.75, 3.05) is 64.1 Å². The fourth-order valence-electron chi connectivity index (χ4n) is 5.24. The van der Waals surface area contributed by atoms with Crippen molar-refractivity contribution in [3.05, 3.63) is 94.5 Å². The molecule has 2 heterocycles. The molecular weight excluding hydrogens is 546 g/mol. The standard InChI is InChI=1S/C33H37N5O5/c1-22-20-27-28(21-26(22)33(41)42-3)35-32(40)29(27)30(23-8-5-4-6-9-23)34-25-12-10-24(11-13-25)31(39)36-43-19-7-14-38-17-15-37(2)16-18-38/h4-6,8-13,20-21,34H,7,14-19H2,1-3H3,(H,35,40)(H,36,39)/b30-29-. The van der Waals surface area contributed by atoms with Crippen LogP contribution in [0.3, 0.4) is 0 Å². The molecule has 10 nitrogen and oxygen atoms in total. The Balaban J connectivity index is 1.28. The van der Waals surface area contributed by atoms with Crippen LogP contribution in [0.15, 0.2) is 66.7 Å². The number of piperazine rings is 1. The molecule has 0 spiro atoms. The van der Waals surface area contributed by atoms with Crippen molar-refractivity contribution in [3.8, 4) is 0 Å². The lowest BCUT2D eigenvalue weighted by Gasteiger charge is -2.32. The number of methoxy groups -OCH3 is 1. The average molecular weight is 584 g/mol. The molecule has 3 aromatic carbocycles. The Hall–Kier alpha value is -4.51. The number of carbonyl (C=O) groups excluding carboxylic acids is 3. The van der Waals surface area contributed by atoms with Gasteiger partial charge in [0.25, 0.3) is 11.8 Å². The zero-order chi connectivity index (χ0) is 30.3. The number of carbonyl (C=O) groups is 3. The third-order valence-corrected chi connectivity index (χ3v) is 7.72. The predicted molar refractivity (Wildman–Crippen MR) is 166 cm³/mol. The summed E-state index contributed by atoms with van der Waals surface area (Å²) in [6.07, 6.45) is 0.837. The lowest BCUT2D eigenvalue weighted by atomic mass is 9.96. The van der Waals surface area contributed by atoms with E-state index in [1.165, 1.54) is 7.11 Å². The second kappa shape index (κ2) is 13.6. The van der Waals surface area contributed by atoms with E-state index in [1.54, 1.807) is 30.3 Å². The van der Waals surface area contributed by atoms with E-state index in [4.69, 9.17) is 9.57 Å². The molecule has 224 valence electrons. The van der Waals surface area contributed by atoms with Gasteiger partial charge in [-0.25, -0.2) is 10.3 Å². The topological polar surface area (TPSA) is 112 Å². The summed E-state index contributed by atoms with van der Waals surface area (Å²) in [6.45, 7) is 7.45. The van der Waals surface area contributed by atoms with Gasteiger partial charge in [-0.2, -0.15) is 0 Å². The maximum absolute atomic E-state index is 13.3. The molecule has 1 fully saturated rings. The van der Waals surface area contributed by atoms with E-state index in [0.29, 0.717) is 51.5 Å². The van der Waals surface area contributed by atoms with Crippen molar-refractivity contribution in [1.82, 2.24) is 15.3 Å². The normalized spacial score (nSPS) is 16.3. The highest BCUT2D eigenvalue weighted by molar-refractivity contribution is 6.37. The summed E-state index contributed by atoms with van der Waals surface area (Å²) in [5.74, 6) is -1.08. The molecule has 2 aliphatic heterocycles. The minimum absolute atomic E-state index is 0.288. The summed E-state index contributed by atoms with van der Waals surface area (Å²) < 4.78 is 4.90. The van der Waals surface area contributed by atoms with E-state index in [1.807, 2.05) is 43.3 Å². The molecule has 0 aromatic heterocycles. The number of hydrogen-bond acceptors (Lipinski definition) is 8. The van der Waals surface area contributed by atoms with Gasteiger partial charge >= 0.3 is 5.97 Å². The summed E-state index contributed by atoms with van der Waals surface area (Å²) in [7, 11) is 3.46. The van der Waals surface area contributed by atoms with Gasteiger partial charge in [-0.1, -0.05) is 30.3 Å². The molecule has 0 saturated carbocycles. The number of esters is 1. The molecule has 1 saturated heterocycles. The van der Waals surface area contributed by atoms with Gasteiger partial charge in [0.15, 0.2) is 0 Å². The van der Waals surface area contributed by atoms with E-state index < -0.39 is 5.97 Å². The first-order chi connectivity index (χ1) is 20.8. The monoisotopic (exact) mass is 583 g/mol. The molecule has 3 N–H and O–H groups in total. The SMILES string of the molecule is COC(=O)c1cc2c(cc1C)/C(=C(/Nc1ccc(C(=O)NOCCCN3CCN(C)CC3)cc1)c1ccccc1)C(=O)N2. The van der Waals surface area contributed by atoms with Crippen LogP contribution in [0, 0.1) is 6.92 Å². The lowest BCUT2D eigenvalue weighted by molar-refractivity contribution is -0.110. The highest BCUT2D eigenvalue weighted by Crippen LogP contribution is 2.39. The van der Waals surface area contributed by atoms with Crippen LogP contribution in [-0.2, 0) is 14.4 Å². The van der Waals surface area contributed by atoms with E-state index in [9.17, 15) is 14.4 Å². The molecule has 2 aliphatic rings. The van der Waals surface area contributed by atoms with E-state index in [0.717, 1.165) is 44.7 Å². The van der Waals surface area contributed by atoms with Crippen molar-refractivity contribution in [2.45, 2.75) is 13.3 Å². The smallest absolute Gasteiger partial charge is 0.338 e. The van der Waals surface area contributed by atoms with E-state index in [-0.39, 0.29) is 11.8 Å². The van der Waals surface area contributed by atoms with Crippen LogP contribution in [0.4, 0.5) is 11.4 Å². The van der Waals surface area contributed by atoms with Gasteiger partial charge in [0.2, 0.25) is 0 Å². The Morgan fingerprint density at radius 1 is 0.953 bits per heavy atom. The Bertz CT molecular complexity index is 1510. The molecule has 5 rings (SSSR count). The molecule has 0 unspecified atom stereocenters. The molecule has 3 aromatic rings. The first kappa shape index (κ1) is 30.0. The molecule has 0 aliphatic carbocycles. The zero-order valence-corrected chi connectivity index (χ0v) is 24.7. The number of nitrogens with zero attached hydrogens (tertiary/aromatic N) is 2. The van der Waals surface area contributed by atoms with Crippen LogP contribution in [0.2, 0.25) is 0 Å². The average Bonchev–Trinajstić information content (AvgIpc) is 3.34. The number of hydrogen-bond donors (Lipinski definition) is 3. The number of ether oxygens (including phenoxy) is 1. The van der Waals surface area contributed by atoms with Crippen LogP contribution in [0.25, 0.3) is 11.3 Å². The molecule has 0 atom stereocenters. The van der Waals surface area contributed by atoms with Crippen LogP contribution in [-0.4, -0.2) is 81.1 Å². The van der Waals surface area contributed by atoms with Crippen LogP contribution >= 0.6 is 0 Å². The number of anilines is 2. The molecule has 10 heteroatoms. The summed E-state index contributed by atoms with van der Waals surface area (Å²) in [6, 6.07) is 20.0. The second-order valence-corrected chi connectivity index (χ2v) is 10.8. The molecular formula is C33H37N5O5. The molecule has 0 radical (unpaired) electrons. The minimum Gasteiger partial charge on any atom is -0.465 e. The highest BCUT2D eigenvalue weighted by atomic mass is 16.6.